The third-order valence-electron chi connectivity index (χ3n) is 4.57. The van der Waals surface area contributed by atoms with Crippen LogP contribution in [0.3, 0.4) is 0 Å². The van der Waals surface area contributed by atoms with Crippen LogP contribution in [-0.2, 0) is 9.47 Å². The van der Waals surface area contributed by atoms with Crippen molar-refractivity contribution >= 4 is 12.1 Å². The molecule has 0 spiro atoms. The molecule has 2 aliphatic rings. The standard InChI is InChI=1S/C18H34N4O3/c1-18(2,3)25-17(23)22-9-7-14(8-10-22)12-20-16(19-4)21-13-15-6-5-11-24-15/h14-15H,5-13H2,1-4H3,(H2,19,20,21). The van der Waals surface area contributed by atoms with Gasteiger partial charge in [-0.15, -0.1) is 0 Å². The molecular weight excluding hydrogens is 320 g/mol. The summed E-state index contributed by atoms with van der Waals surface area (Å²) in [6.07, 6.45) is 4.33. The maximum absolute atomic E-state index is 12.1. The Morgan fingerprint density at radius 2 is 1.88 bits per heavy atom. The molecule has 144 valence electrons. The predicted octanol–water partition coefficient (Wildman–Crippen LogP) is 1.98. The summed E-state index contributed by atoms with van der Waals surface area (Å²) in [5, 5.41) is 6.73. The van der Waals surface area contributed by atoms with Gasteiger partial charge in [0.25, 0.3) is 0 Å². The van der Waals surface area contributed by atoms with E-state index in [4.69, 9.17) is 9.47 Å². The summed E-state index contributed by atoms with van der Waals surface area (Å²) in [4.78, 5) is 18.2. The van der Waals surface area contributed by atoms with Crippen LogP contribution in [0.1, 0.15) is 46.5 Å². The first-order valence-corrected chi connectivity index (χ1v) is 9.41. The Morgan fingerprint density at radius 3 is 2.44 bits per heavy atom. The first kappa shape index (κ1) is 19.8. The highest BCUT2D eigenvalue weighted by atomic mass is 16.6. The number of guanidine groups is 1. The zero-order valence-corrected chi connectivity index (χ0v) is 16.1. The molecule has 1 unspecified atom stereocenters. The molecule has 0 radical (unpaired) electrons. The van der Waals surface area contributed by atoms with Crippen LogP contribution in [0.4, 0.5) is 4.79 Å². The fraction of sp³-hybridized carbons (Fsp3) is 0.889. The number of hydrogen-bond acceptors (Lipinski definition) is 4. The lowest BCUT2D eigenvalue weighted by Crippen LogP contribution is -2.46. The lowest BCUT2D eigenvalue weighted by atomic mass is 9.97. The van der Waals surface area contributed by atoms with Crippen molar-refractivity contribution < 1.29 is 14.3 Å². The van der Waals surface area contributed by atoms with Gasteiger partial charge in [-0.25, -0.2) is 4.79 Å². The van der Waals surface area contributed by atoms with E-state index in [9.17, 15) is 4.79 Å². The third kappa shape index (κ3) is 7.10. The third-order valence-corrected chi connectivity index (χ3v) is 4.57. The molecule has 25 heavy (non-hydrogen) atoms. The Labute approximate surface area is 151 Å². The number of nitrogens with zero attached hydrogens (tertiary/aromatic N) is 2. The minimum atomic E-state index is -0.434. The molecule has 7 heteroatoms. The van der Waals surface area contributed by atoms with Crippen molar-refractivity contribution in [3.63, 3.8) is 0 Å². The average Bonchev–Trinajstić information content (AvgIpc) is 3.07. The number of amides is 1. The van der Waals surface area contributed by atoms with Crippen molar-refractivity contribution in [3.8, 4) is 0 Å². The van der Waals surface area contributed by atoms with E-state index in [1.165, 1.54) is 0 Å². The van der Waals surface area contributed by atoms with Crippen LogP contribution in [0.25, 0.3) is 0 Å². The van der Waals surface area contributed by atoms with Gasteiger partial charge in [0.15, 0.2) is 5.96 Å². The highest BCUT2D eigenvalue weighted by Gasteiger charge is 2.26. The molecule has 0 bridgehead atoms. The van der Waals surface area contributed by atoms with Crippen molar-refractivity contribution in [2.24, 2.45) is 10.9 Å². The summed E-state index contributed by atoms with van der Waals surface area (Å²) in [6.45, 7) is 9.75. The van der Waals surface area contributed by atoms with E-state index in [1.54, 1.807) is 7.05 Å². The molecule has 2 N–H and O–H groups in total. The molecule has 2 rings (SSSR count). The Hall–Kier alpha value is -1.50. The molecule has 0 aromatic carbocycles. The van der Waals surface area contributed by atoms with Crippen LogP contribution < -0.4 is 10.6 Å². The van der Waals surface area contributed by atoms with Crippen LogP contribution in [-0.4, -0.2) is 68.5 Å². The molecule has 1 amide bonds. The van der Waals surface area contributed by atoms with E-state index in [-0.39, 0.29) is 6.09 Å². The topological polar surface area (TPSA) is 75.2 Å². The molecule has 0 aromatic rings. The van der Waals surface area contributed by atoms with Gasteiger partial charge in [0.2, 0.25) is 0 Å². The van der Waals surface area contributed by atoms with E-state index in [2.05, 4.69) is 15.6 Å². The number of carbonyl (C=O) groups is 1. The van der Waals surface area contributed by atoms with E-state index < -0.39 is 5.60 Å². The van der Waals surface area contributed by atoms with Crippen LogP contribution >= 0.6 is 0 Å². The Kier molecular flexibility index (Phi) is 7.35. The molecule has 7 nitrogen and oxygen atoms in total. The van der Waals surface area contributed by atoms with Crippen LogP contribution in [0.5, 0.6) is 0 Å². The molecule has 2 fully saturated rings. The SMILES string of the molecule is CN=C(NCC1CCN(C(=O)OC(C)(C)C)CC1)NCC1CCCO1. The summed E-state index contributed by atoms with van der Waals surface area (Å²) in [5.41, 5.74) is -0.434. The Bertz CT molecular complexity index is 448. The molecular formula is C18H34N4O3. The van der Waals surface area contributed by atoms with Gasteiger partial charge in [-0.1, -0.05) is 0 Å². The maximum Gasteiger partial charge on any atom is 0.410 e. The molecule has 2 heterocycles. The fourth-order valence-electron chi connectivity index (χ4n) is 3.12. The van der Waals surface area contributed by atoms with Gasteiger partial charge >= 0.3 is 6.09 Å². The molecule has 0 aliphatic carbocycles. The lowest BCUT2D eigenvalue weighted by molar-refractivity contribution is 0.0185. The van der Waals surface area contributed by atoms with Gasteiger partial charge in [0.05, 0.1) is 6.10 Å². The van der Waals surface area contributed by atoms with Gasteiger partial charge in [0, 0.05) is 39.8 Å². The number of piperidine rings is 1. The van der Waals surface area contributed by atoms with E-state index in [0.717, 1.165) is 64.4 Å². The van der Waals surface area contributed by atoms with Crippen molar-refractivity contribution in [2.75, 3.05) is 39.8 Å². The number of aliphatic imine (C=N–C) groups is 1. The van der Waals surface area contributed by atoms with E-state index >= 15 is 0 Å². The Balaban J connectivity index is 1.64. The van der Waals surface area contributed by atoms with Gasteiger partial charge in [0.1, 0.15) is 5.60 Å². The van der Waals surface area contributed by atoms with E-state index in [1.807, 2.05) is 25.7 Å². The highest BCUT2D eigenvalue weighted by molar-refractivity contribution is 5.79. The fourth-order valence-corrected chi connectivity index (χ4v) is 3.12. The van der Waals surface area contributed by atoms with Gasteiger partial charge in [-0.05, 0) is 52.4 Å². The smallest absolute Gasteiger partial charge is 0.410 e. The minimum absolute atomic E-state index is 0.201. The molecule has 0 aromatic heterocycles. The van der Waals surface area contributed by atoms with Gasteiger partial charge in [-0.2, -0.15) is 0 Å². The quantitative estimate of drug-likeness (QED) is 0.596. The lowest BCUT2D eigenvalue weighted by Gasteiger charge is -2.33. The first-order valence-electron chi connectivity index (χ1n) is 9.41. The molecule has 0 saturated carbocycles. The average molecular weight is 354 g/mol. The number of likely N-dealkylation sites (tertiary alicyclic amines) is 1. The van der Waals surface area contributed by atoms with Crippen molar-refractivity contribution in [1.82, 2.24) is 15.5 Å². The summed E-state index contributed by atoms with van der Waals surface area (Å²) in [7, 11) is 1.79. The van der Waals surface area contributed by atoms with E-state index in [0.29, 0.717) is 12.0 Å². The van der Waals surface area contributed by atoms with Crippen LogP contribution in [0.2, 0.25) is 0 Å². The second-order valence-electron chi connectivity index (χ2n) is 7.88. The number of hydrogen-bond donors (Lipinski definition) is 2. The summed E-state index contributed by atoms with van der Waals surface area (Å²) in [5.74, 6) is 1.37. The number of ether oxygens (including phenoxy) is 2. The number of rotatable bonds is 4. The zero-order chi connectivity index (χ0) is 18.3. The summed E-state index contributed by atoms with van der Waals surface area (Å²) < 4.78 is 11.1. The van der Waals surface area contributed by atoms with Crippen molar-refractivity contribution in [3.05, 3.63) is 0 Å². The first-order chi connectivity index (χ1) is 11.9. The maximum atomic E-state index is 12.1. The van der Waals surface area contributed by atoms with Crippen LogP contribution in [0.15, 0.2) is 4.99 Å². The molecule has 2 saturated heterocycles. The molecule has 2 aliphatic heterocycles. The molecule has 1 atom stereocenters. The predicted molar refractivity (Wildman–Crippen MR) is 98.9 cm³/mol. The van der Waals surface area contributed by atoms with Gasteiger partial charge in [-0.3, -0.25) is 4.99 Å². The largest absolute Gasteiger partial charge is 0.444 e. The number of carbonyl (C=O) groups excluding carboxylic acids is 1. The van der Waals surface area contributed by atoms with Gasteiger partial charge < -0.3 is 25.0 Å². The monoisotopic (exact) mass is 354 g/mol. The zero-order valence-electron chi connectivity index (χ0n) is 16.1. The normalized spacial score (nSPS) is 22.8. The number of nitrogens with one attached hydrogen (secondary N) is 2. The van der Waals surface area contributed by atoms with Crippen molar-refractivity contribution in [1.29, 1.82) is 0 Å². The minimum Gasteiger partial charge on any atom is -0.444 e. The second kappa shape index (κ2) is 9.27. The summed E-state index contributed by atoms with van der Waals surface area (Å²) >= 11 is 0. The second-order valence-corrected chi connectivity index (χ2v) is 7.88. The van der Waals surface area contributed by atoms with Crippen molar-refractivity contribution in [2.45, 2.75) is 58.2 Å². The highest BCUT2D eigenvalue weighted by Crippen LogP contribution is 2.19. The summed E-state index contributed by atoms with van der Waals surface area (Å²) in [6, 6.07) is 0. The Morgan fingerprint density at radius 1 is 1.20 bits per heavy atom. The van der Waals surface area contributed by atoms with Crippen LogP contribution in [0, 0.1) is 5.92 Å².